The molecule has 0 N–H and O–H groups in total. The highest BCUT2D eigenvalue weighted by molar-refractivity contribution is 6.24. The maximum atomic E-state index is 6.94. The Hall–Kier alpha value is -6.84. The van der Waals surface area contributed by atoms with E-state index < -0.39 is 0 Å². The van der Waals surface area contributed by atoms with E-state index >= 15 is 0 Å². The molecule has 0 spiro atoms. The minimum Gasteiger partial charge on any atom is -0.453 e. The number of anilines is 3. The molecular formula is C48H30N2O. The van der Waals surface area contributed by atoms with Crippen molar-refractivity contribution in [3.8, 4) is 61.7 Å². The summed E-state index contributed by atoms with van der Waals surface area (Å²) in [5.74, 6) is 1.70. The first kappa shape index (κ1) is 28.0. The lowest BCUT2D eigenvalue weighted by molar-refractivity contribution is 0.477. The first-order valence-corrected chi connectivity index (χ1v) is 17.4. The van der Waals surface area contributed by atoms with E-state index in [-0.39, 0.29) is 0 Å². The zero-order chi connectivity index (χ0) is 33.5. The standard InChI is InChI=1S/C48H30N2O/c1-5-13-31(14-6-1)35-21-24-40-39(27-35)46-38(34-19-11-4-12-20-34)30-45-47-48(46)49(40)42-28-36(32-15-7-2-8-16-32)22-25-41(42)50(47)43-29-37(23-26-44(43)51-45)33-17-9-3-10-18-33/h1-30H. The lowest BCUT2D eigenvalue weighted by Crippen LogP contribution is -2.22. The van der Waals surface area contributed by atoms with Gasteiger partial charge in [0.2, 0.25) is 0 Å². The van der Waals surface area contributed by atoms with Crippen LogP contribution < -0.4 is 9.64 Å². The Morgan fingerprint density at radius 1 is 0.373 bits per heavy atom. The van der Waals surface area contributed by atoms with Crippen LogP contribution in [0, 0.1) is 0 Å². The van der Waals surface area contributed by atoms with Crippen LogP contribution in [0.5, 0.6) is 11.5 Å². The molecule has 0 unspecified atom stereocenters. The lowest BCUT2D eigenvalue weighted by Gasteiger charge is -2.38. The van der Waals surface area contributed by atoms with E-state index in [1.165, 1.54) is 44.1 Å². The topological polar surface area (TPSA) is 17.4 Å². The van der Waals surface area contributed by atoms with E-state index in [0.29, 0.717) is 0 Å². The average Bonchev–Trinajstić information content (AvgIpc) is 3.56. The zero-order valence-corrected chi connectivity index (χ0v) is 27.6. The zero-order valence-electron chi connectivity index (χ0n) is 27.6. The minimum absolute atomic E-state index is 0.842. The second kappa shape index (κ2) is 10.8. The first-order chi connectivity index (χ1) is 25.3. The average molecular weight is 651 g/mol. The summed E-state index contributed by atoms with van der Waals surface area (Å²) in [6.45, 7) is 0. The highest BCUT2D eigenvalue weighted by Gasteiger charge is 2.37. The van der Waals surface area contributed by atoms with Gasteiger partial charge in [-0.3, -0.25) is 4.90 Å². The summed E-state index contributed by atoms with van der Waals surface area (Å²) in [4.78, 5) is 2.44. The molecule has 0 bridgehead atoms. The van der Waals surface area contributed by atoms with Crippen LogP contribution in [0.2, 0.25) is 0 Å². The van der Waals surface area contributed by atoms with Gasteiger partial charge in [0.25, 0.3) is 0 Å². The SMILES string of the molecule is c1ccc(-c2ccc3c(c2)N2c4ccc(-c5ccccc5)cc4-n4c5ccc(-c6ccccc6)cc5c5c(-c6ccccc6)cc(c2c54)O3)cc1. The van der Waals surface area contributed by atoms with Gasteiger partial charge in [0, 0.05) is 10.8 Å². The van der Waals surface area contributed by atoms with E-state index in [2.05, 4.69) is 191 Å². The number of ether oxygens (including phenoxy) is 1. The van der Waals surface area contributed by atoms with Crippen molar-refractivity contribution < 1.29 is 4.74 Å². The Labute approximate surface area is 295 Å². The van der Waals surface area contributed by atoms with Crippen LogP contribution in [0.25, 0.3) is 72.0 Å². The van der Waals surface area contributed by atoms with Gasteiger partial charge in [-0.15, -0.1) is 0 Å². The maximum Gasteiger partial charge on any atom is 0.154 e. The molecule has 8 aromatic carbocycles. The summed E-state index contributed by atoms with van der Waals surface area (Å²) in [6, 6.07) is 65.4. The van der Waals surface area contributed by atoms with E-state index in [4.69, 9.17) is 4.74 Å². The maximum absolute atomic E-state index is 6.94. The molecule has 0 saturated carbocycles. The fourth-order valence-electron chi connectivity index (χ4n) is 8.16. The van der Waals surface area contributed by atoms with Crippen LogP contribution in [0.1, 0.15) is 0 Å². The fraction of sp³-hybridized carbons (Fsp3) is 0. The Kier molecular flexibility index (Phi) is 5.96. The van der Waals surface area contributed by atoms with Gasteiger partial charge in [-0.05, 0) is 87.0 Å². The predicted octanol–water partition coefficient (Wildman–Crippen LogP) is 13.3. The number of fused-ring (bicyclic) bond motifs is 8. The van der Waals surface area contributed by atoms with Gasteiger partial charge < -0.3 is 9.30 Å². The van der Waals surface area contributed by atoms with Gasteiger partial charge >= 0.3 is 0 Å². The molecule has 2 aliphatic rings. The molecule has 9 aromatic rings. The van der Waals surface area contributed by atoms with Crippen molar-refractivity contribution >= 4 is 38.9 Å². The van der Waals surface area contributed by atoms with Crippen LogP contribution in [0.15, 0.2) is 182 Å². The third-order valence-electron chi connectivity index (χ3n) is 10.5. The highest BCUT2D eigenvalue weighted by Crippen LogP contribution is 2.61. The third-order valence-corrected chi connectivity index (χ3v) is 10.5. The van der Waals surface area contributed by atoms with Crippen molar-refractivity contribution in [1.29, 1.82) is 0 Å². The molecule has 0 saturated heterocycles. The summed E-state index contributed by atoms with van der Waals surface area (Å²) in [7, 11) is 0. The van der Waals surface area contributed by atoms with Crippen LogP contribution >= 0.6 is 0 Å². The number of nitrogens with zero attached hydrogens (tertiary/aromatic N) is 2. The van der Waals surface area contributed by atoms with Crippen LogP contribution in [-0.4, -0.2) is 4.57 Å². The van der Waals surface area contributed by atoms with Gasteiger partial charge in [-0.1, -0.05) is 140 Å². The van der Waals surface area contributed by atoms with E-state index in [1.54, 1.807) is 0 Å². The molecule has 238 valence electrons. The molecule has 1 aromatic heterocycles. The van der Waals surface area contributed by atoms with Crippen molar-refractivity contribution in [2.24, 2.45) is 0 Å². The van der Waals surface area contributed by atoms with Crippen LogP contribution in [0.4, 0.5) is 17.1 Å². The summed E-state index contributed by atoms with van der Waals surface area (Å²) >= 11 is 0. The van der Waals surface area contributed by atoms with Crippen LogP contribution in [-0.2, 0) is 0 Å². The molecular weight excluding hydrogens is 621 g/mol. The Balaban J connectivity index is 1.28. The third kappa shape index (κ3) is 4.19. The lowest BCUT2D eigenvalue weighted by atomic mass is 9.94. The molecule has 2 aliphatic heterocycles. The second-order valence-electron chi connectivity index (χ2n) is 13.3. The molecule has 3 nitrogen and oxygen atoms in total. The normalized spacial score (nSPS) is 12.4. The van der Waals surface area contributed by atoms with Gasteiger partial charge in [0.05, 0.1) is 28.1 Å². The molecule has 3 heteroatoms. The molecule has 3 heterocycles. The Morgan fingerprint density at radius 3 is 1.53 bits per heavy atom. The molecule has 0 aliphatic carbocycles. The summed E-state index contributed by atoms with van der Waals surface area (Å²) in [6.07, 6.45) is 0. The quantitative estimate of drug-likeness (QED) is 0.189. The minimum atomic E-state index is 0.842. The monoisotopic (exact) mass is 650 g/mol. The summed E-state index contributed by atoms with van der Waals surface area (Å²) < 4.78 is 9.42. The molecule has 0 atom stereocenters. The predicted molar refractivity (Wildman–Crippen MR) is 211 cm³/mol. The van der Waals surface area contributed by atoms with E-state index in [0.717, 1.165) is 56.5 Å². The Bertz CT molecular complexity index is 2800. The number of benzene rings is 8. The molecule has 51 heavy (non-hydrogen) atoms. The molecule has 0 amide bonds. The number of aromatic nitrogens is 1. The van der Waals surface area contributed by atoms with E-state index in [9.17, 15) is 0 Å². The summed E-state index contributed by atoms with van der Waals surface area (Å²) in [5.41, 5.74) is 16.1. The van der Waals surface area contributed by atoms with Crippen molar-refractivity contribution in [2.45, 2.75) is 0 Å². The largest absolute Gasteiger partial charge is 0.453 e. The van der Waals surface area contributed by atoms with Crippen LogP contribution in [0.3, 0.4) is 0 Å². The molecule has 0 fully saturated rings. The highest BCUT2D eigenvalue weighted by atomic mass is 16.5. The van der Waals surface area contributed by atoms with E-state index in [1.807, 2.05) is 0 Å². The van der Waals surface area contributed by atoms with Crippen molar-refractivity contribution in [2.75, 3.05) is 4.90 Å². The summed E-state index contributed by atoms with van der Waals surface area (Å²) in [5, 5.41) is 2.44. The smallest absolute Gasteiger partial charge is 0.154 e. The molecule has 11 rings (SSSR count). The van der Waals surface area contributed by atoms with Gasteiger partial charge in [-0.2, -0.15) is 0 Å². The Morgan fingerprint density at radius 2 is 0.902 bits per heavy atom. The van der Waals surface area contributed by atoms with Gasteiger partial charge in [-0.25, -0.2) is 0 Å². The van der Waals surface area contributed by atoms with Gasteiger partial charge in [0.15, 0.2) is 11.5 Å². The number of hydrogen-bond donors (Lipinski definition) is 0. The molecule has 0 radical (unpaired) electrons. The van der Waals surface area contributed by atoms with Crippen molar-refractivity contribution in [1.82, 2.24) is 4.57 Å². The first-order valence-electron chi connectivity index (χ1n) is 17.4. The van der Waals surface area contributed by atoms with Gasteiger partial charge in [0.1, 0.15) is 5.69 Å². The number of rotatable bonds is 4. The fourth-order valence-corrected chi connectivity index (χ4v) is 8.16. The van der Waals surface area contributed by atoms with Crippen molar-refractivity contribution in [3.63, 3.8) is 0 Å². The second-order valence-corrected chi connectivity index (χ2v) is 13.3. The van der Waals surface area contributed by atoms with Crippen molar-refractivity contribution in [3.05, 3.63) is 182 Å². The number of hydrogen-bond acceptors (Lipinski definition) is 2.